The van der Waals surface area contributed by atoms with Crippen LogP contribution in [0.2, 0.25) is 0 Å². The van der Waals surface area contributed by atoms with Crippen LogP contribution in [0, 0.1) is 24.1 Å². The zero-order valence-corrected chi connectivity index (χ0v) is 14.1. The summed E-state index contributed by atoms with van der Waals surface area (Å²) in [5, 5.41) is 0.889. The van der Waals surface area contributed by atoms with E-state index in [4.69, 9.17) is 10.5 Å². The van der Waals surface area contributed by atoms with Crippen molar-refractivity contribution in [3.8, 4) is 0 Å². The van der Waals surface area contributed by atoms with Crippen molar-refractivity contribution in [3.63, 3.8) is 0 Å². The summed E-state index contributed by atoms with van der Waals surface area (Å²) in [5.41, 5.74) is 9.22. The third-order valence-electron chi connectivity index (χ3n) is 5.80. The Labute approximate surface area is 141 Å². The van der Waals surface area contributed by atoms with Crippen molar-refractivity contribution in [1.82, 2.24) is 4.98 Å². The number of hydrogen-bond donors (Lipinski definition) is 1. The molecule has 1 aromatic heterocycles. The van der Waals surface area contributed by atoms with Crippen molar-refractivity contribution in [1.29, 1.82) is 0 Å². The Kier molecular flexibility index (Phi) is 3.93. The number of aryl methyl sites for hydroxylation is 1. The van der Waals surface area contributed by atoms with Crippen molar-refractivity contribution < 1.29 is 9.13 Å². The number of halogens is 1. The van der Waals surface area contributed by atoms with Crippen LogP contribution < -0.4 is 10.6 Å². The van der Waals surface area contributed by atoms with Gasteiger partial charge in [-0.15, -0.1) is 0 Å². The molecule has 5 heteroatoms. The van der Waals surface area contributed by atoms with E-state index in [1.54, 1.807) is 12.1 Å². The van der Waals surface area contributed by atoms with Crippen LogP contribution in [0.15, 0.2) is 24.3 Å². The maximum Gasteiger partial charge on any atom is 0.124 e. The van der Waals surface area contributed by atoms with Gasteiger partial charge in [0.25, 0.3) is 0 Å². The number of nitrogens with two attached hydrogens (primary N) is 1. The van der Waals surface area contributed by atoms with E-state index in [0.717, 1.165) is 61.4 Å². The molecule has 4 rings (SSSR count). The van der Waals surface area contributed by atoms with Gasteiger partial charge in [-0.25, -0.2) is 4.39 Å². The Bertz CT molecular complexity index is 758. The molecule has 1 unspecified atom stereocenters. The quantitative estimate of drug-likeness (QED) is 0.920. The summed E-state index contributed by atoms with van der Waals surface area (Å²) in [7, 11) is 0. The van der Waals surface area contributed by atoms with Crippen molar-refractivity contribution >= 4 is 16.6 Å². The molecule has 4 nitrogen and oxygen atoms in total. The Balaban J connectivity index is 1.76. The molecular formula is C19H24FN3O. The maximum atomic E-state index is 13.8. The minimum atomic E-state index is -0.218. The summed E-state index contributed by atoms with van der Waals surface area (Å²) in [4.78, 5) is 6.94. The van der Waals surface area contributed by atoms with Gasteiger partial charge in [-0.1, -0.05) is 0 Å². The molecule has 2 fully saturated rings. The van der Waals surface area contributed by atoms with Gasteiger partial charge < -0.3 is 15.4 Å². The first-order valence-electron chi connectivity index (χ1n) is 8.71. The minimum Gasteiger partial charge on any atom is -0.381 e. The minimum absolute atomic E-state index is 0.218. The molecule has 2 aliphatic rings. The number of rotatable bonds is 2. The molecule has 2 aliphatic heterocycles. The lowest BCUT2D eigenvalue weighted by Gasteiger charge is -2.37. The number of nitrogens with zero attached hydrogens (tertiary/aromatic N) is 2. The molecule has 2 N–H and O–H groups in total. The fourth-order valence-corrected chi connectivity index (χ4v) is 4.46. The average Bonchev–Trinajstić information content (AvgIpc) is 2.93. The Hall–Kier alpha value is -1.72. The molecule has 0 saturated carbocycles. The van der Waals surface area contributed by atoms with Crippen LogP contribution in [0.25, 0.3) is 10.9 Å². The van der Waals surface area contributed by atoms with Crippen LogP contribution >= 0.6 is 0 Å². The molecule has 0 bridgehead atoms. The number of pyridine rings is 1. The van der Waals surface area contributed by atoms with Gasteiger partial charge in [-0.05, 0) is 61.9 Å². The second-order valence-corrected chi connectivity index (χ2v) is 7.23. The summed E-state index contributed by atoms with van der Waals surface area (Å²) < 4.78 is 19.4. The van der Waals surface area contributed by atoms with E-state index < -0.39 is 0 Å². The van der Waals surface area contributed by atoms with E-state index in [1.165, 1.54) is 6.07 Å². The molecule has 24 heavy (non-hydrogen) atoms. The lowest BCUT2D eigenvalue weighted by atomic mass is 9.72. The standard InChI is InChI=1S/C19H24FN3O/c1-13-8-18(16-9-15(20)2-3-17(16)22-13)23-11-14(10-21)19(12-23)4-6-24-7-5-19/h2-3,8-9,14H,4-7,10-12,21H2,1H3. The molecule has 1 atom stereocenters. The van der Waals surface area contributed by atoms with Crippen LogP contribution in [0.5, 0.6) is 0 Å². The number of benzene rings is 1. The van der Waals surface area contributed by atoms with Gasteiger partial charge in [0.15, 0.2) is 0 Å². The fraction of sp³-hybridized carbons (Fsp3) is 0.526. The lowest BCUT2D eigenvalue weighted by molar-refractivity contribution is 0.00491. The van der Waals surface area contributed by atoms with E-state index in [9.17, 15) is 4.39 Å². The van der Waals surface area contributed by atoms with Gasteiger partial charge in [0, 0.05) is 43.1 Å². The number of aromatic nitrogens is 1. The van der Waals surface area contributed by atoms with Gasteiger partial charge in [0.2, 0.25) is 0 Å². The summed E-state index contributed by atoms with van der Waals surface area (Å²) in [6, 6.07) is 6.92. The van der Waals surface area contributed by atoms with Crippen LogP contribution in [0.3, 0.4) is 0 Å². The van der Waals surface area contributed by atoms with Crippen LogP contribution in [0.4, 0.5) is 10.1 Å². The zero-order valence-electron chi connectivity index (χ0n) is 14.1. The smallest absolute Gasteiger partial charge is 0.124 e. The number of ether oxygens (including phenoxy) is 1. The Morgan fingerprint density at radius 3 is 2.88 bits per heavy atom. The second kappa shape index (κ2) is 5.97. The summed E-state index contributed by atoms with van der Waals surface area (Å²) >= 11 is 0. The first-order valence-corrected chi connectivity index (χ1v) is 8.71. The van der Waals surface area contributed by atoms with Gasteiger partial charge in [-0.3, -0.25) is 4.98 Å². The van der Waals surface area contributed by atoms with E-state index in [2.05, 4.69) is 16.0 Å². The van der Waals surface area contributed by atoms with Gasteiger partial charge in [0.1, 0.15) is 5.82 Å². The Morgan fingerprint density at radius 1 is 1.33 bits per heavy atom. The molecule has 0 aliphatic carbocycles. The van der Waals surface area contributed by atoms with Crippen LogP contribution in [-0.2, 0) is 4.74 Å². The third-order valence-corrected chi connectivity index (χ3v) is 5.80. The molecule has 0 radical (unpaired) electrons. The molecule has 128 valence electrons. The fourth-order valence-electron chi connectivity index (χ4n) is 4.46. The molecule has 3 heterocycles. The molecule has 1 spiro atoms. The van der Waals surface area contributed by atoms with Crippen molar-refractivity contribution in [2.24, 2.45) is 17.1 Å². The van der Waals surface area contributed by atoms with Crippen LogP contribution in [-0.4, -0.2) is 37.8 Å². The van der Waals surface area contributed by atoms with Gasteiger partial charge in [-0.2, -0.15) is 0 Å². The largest absolute Gasteiger partial charge is 0.381 e. The predicted molar refractivity (Wildman–Crippen MR) is 93.7 cm³/mol. The highest BCUT2D eigenvalue weighted by Gasteiger charge is 2.46. The van der Waals surface area contributed by atoms with Gasteiger partial charge in [0.05, 0.1) is 5.52 Å². The maximum absolute atomic E-state index is 13.8. The highest BCUT2D eigenvalue weighted by Crippen LogP contribution is 2.46. The monoisotopic (exact) mass is 329 g/mol. The highest BCUT2D eigenvalue weighted by atomic mass is 19.1. The van der Waals surface area contributed by atoms with E-state index in [-0.39, 0.29) is 11.2 Å². The average molecular weight is 329 g/mol. The van der Waals surface area contributed by atoms with E-state index in [1.807, 2.05) is 6.92 Å². The second-order valence-electron chi connectivity index (χ2n) is 7.23. The molecule has 2 aromatic rings. The third kappa shape index (κ3) is 2.56. The van der Waals surface area contributed by atoms with Crippen molar-refractivity contribution in [3.05, 3.63) is 35.8 Å². The zero-order chi connectivity index (χ0) is 16.7. The summed E-state index contributed by atoms with van der Waals surface area (Å²) in [6.07, 6.45) is 2.11. The molecule has 2 saturated heterocycles. The SMILES string of the molecule is Cc1cc(N2CC(CN)C3(CCOCC3)C2)c2cc(F)ccc2n1. The van der Waals surface area contributed by atoms with Crippen molar-refractivity contribution in [2.45, 2.75) is 19.8 Å². The molecule has 1 aromatic carbocycles. The normalized spacial score (nSPS) is 23.3. The first-order chi connectivity index (χ1) is 11.6. The first kappa shape index (κ1) is 15.8. The van der Waals surface area contributed by atoms with E-state index >= 15 is 0 Å². The van der Waals surface area contributed by atoms with Gasteiger partial charge >= 0.3 is 0 Å². The van der Waals surface area contributed by atoms with E-state index in [0.29, 0.717) is 12.5 Å². The molecular weight excluding hydrogens is 305 g/mol. The number of anilines is 1. The summed E-state index contributed by atoms with van der Waals surface area (Å²) in [6.45, 7) is 6.20. The summed E-state index contributed by atoms with van der Waals surface area (Å²) in [5.74, 6) is 0.239. The predicted octanol–water partition coefficient (Wildman–Crippen LogP) is 2.87. The lowest BCUT2D eigenvalue weighted by Crippen LogP contribution is -2.39. The Morgan fingerprint density at radius 2 is 2.12 bits per heavy atom. The van der Waals surface area contributed by atoms with Crippen LogP contribution in [0.1, 0.15) is 18.5 Å². The topological polar surface area (TPSA) is 51.4 Å². The highest BCUT2D eigenvalue weighted by molar-refractivity contribution is 5.92. The van der Waals surface area contributed by atoms with Crippen molar-refractivity contribution in [2.75, 3.05) is 37.7 Å². The number of hydrogen-bond acceptors (Lipinski definition) is 4. The number of fused-ring (bicyclic) bond motifs is 1. The molecule has 0 amide bonds.